The SMILES string of the molecule is CC(=O)Nc1cccc(OCCCNC(=O)c2csc(C3CCN(C(=O)c4ccc(OC(C)C)cc4)CC3)n2)c1. The molecule has 0 saturated carbocycles. The average Bonchev–Trinajstić information content (AvgIpc) is 3.43. The highest BCUT2D eigenvalue weighted by Crippen LogP contribution is 2.31. The molecular formula is C30H36N4O5S. The lowest BCUT2D eigenvalue weighted by atomic mass is 9.97. The Morgan fingerprint density at radius 2 is 1.82 bits per heavy atom. The molecular weight excluding hydrogens is 528 g/mol. The van der Waals surface area contributed by atoms with E-state index in [0.29, 0.717) is 55.4 Å². The summed E-state index contributed by atoms with van der Waals surface area (Å²) in [5, 5.41) is 8.36. The number of nitrogens with one attached hydrogen (secondary N) is 2. The second-order valence-electron chi connectivity index (χ2n) is 10.00. The molecule has 4 rings (SSSR count). The number of carbonyl (C=O) groups excluding carboxylic acids is 3. The number of ether oxygens (including phenoxy) is 2. The Balaban J connectivity index is 1.18. The number of benzene rings is 2. The molecule has 40 heavy (non-hydrogen) atoms. The van der Waals surface area contributed by atoms with Gasteiger partial charge in [0.1, 0.15) is 17.2 Å². The Labute approximate surface area is 238 Å². The van der Waals surface area contributed by atoms with E-state index in [-0.39, 0.29) is 29.7 Å². The first-order chi connectivity index (χ1) is 19.3. The van der Waals surface area contributed by atoms with Crippen LogP contribution in [0.2, 0.25) is 0 Å². The van der Waals surface area contributed by atoms with Crippen LogP contribution in [-0.2, 0) is 4.79 Å². The summed E-state index contributed by atoms with van der Waals surface area (Å²) in [6.07, 6.45) is 2.35. The van der Waals surface area contributed by atoms with Crippen LogP contribution in [0.5, 0.6) is 11.5 Å². The van der Waals surface area contributed by atoms with Crippen molar-refractivity contribution < 1.29 is 23.9 Å². The zero-order chi connectivity index (χ0) is 28.5. The van der Waals surface area contributed by atoms with Crippen LogP contribution >= 0.6 is 11.3 Å². The van der Waals surface area contributed by atoms with Gasteiger partial charge >= 0.3 is 0 Å². The third-order valence-corrected chi connectivity index (χ3v) is 7.40. The molecule has 212 valence electrons. The maximum atomic E-state index is 12.9. The van der Waals surface area contributed by atoms with Gasteiger partial charge in [0.2, 0.25) is 5.91 Å². The van der Waals surface area contributed by atoms with Crippen molar-refractivity contribution in [3.63, 3.8) is 0 Å². The van der Waals surface area contributed by atoms with Crippen molar-refractivity contribution in [2.45, 2.75) is 52.1 Å². The second-order valence-corrected chi connectivity index (χ2v) is 10.9. The fraction of sp³-hybridized carbons (Fsp3) is 0.400. The minimum absolute atomic E-state index is 0.0261. The number of thiazole rings is 1. The van der Waals surface area contributed by atoms with Crippen LogP contribution in [-0.4, -0.2) is 60.0 Å². The quantitative estimate of drug-likeness (QED) is 0.313. The molecule has 0 radical (unpaired) electrons. The van der Waals surface area contributed by atoms with E-state index in [4.69, 9.17) is 9.47 Å². The molecule has 1 aromatic heterocycles. The van der Waals surface area contributed by atoms with Crippen molar-refractivity contribution in [3.05, 3.63) is 70.2 Å². The van der Waals surface area contributed by atoms with Crippen LogP contribution in [0.1, 0.15) is 71.8 Å². The Morgan fingerprint density at radius 1 is 1.07 bits per heavy atom. The molecule has 2 N–H and O–H groups in total. The Hall–Kier alpha value is -3.92. The monoisotopic (exact) mass is 564 g/mol. The third kappa shape index (κ3) is 8.29. The van der Waals surface area contributed by atoms with E-state index in [1.54, 1.807) is 17.5 Å². The van der Waals surface area contributed by atoms with Crippen molar-refractivity contribution in [1.29, 1.82) is 0 Å². The summed E-state index contributed by atoms with van der Waals surface area (Å²) in [5.41, 5.74) is 1.76. The molecule has 0 spiro atoms. The molecule has 1 saturated heterocycles. The highest BCUT2D eigenvalue weighted by atomic mass is 32.1. The predicted octanol–water partition coefficient (Wildman–Crippen LogP) is 5.11. The van der Waals surface area contributed by atoms with Crippen molar-refractivity contribution in [2.75, 3.05) is 31.6 Å². The summed E-state index contributed by atoms with van der Waals surface area (Å²) in [6.45, 7) is 7.60. The first kappa shape index (κ1) is 29.1. The summed E-state index contributed by atoms with van der Waals surface area (Å²) in [5.74, 6) is 1.33. The maximum absolute atomic E-state index is 12.9. The molecule has 0 unspecified atom stereocenters. The van der Waals surface area contributed by atoms with Gasteiger partial charge < -0.3 is 25.0 Å². The molecule has 2 aromatic carbocycles. The summed E-state index contributed by atoms with van der Waals surface area (Å²) in [6, 6.07) is 14.5. The number of likely N-dealkylation sites (tertiary alicyclic amines) is 1. The number of hydrogen-bond donors (Lipinski definition) is 2. The summed E-state index contributed by atoms with van der Waals surface area (Å²) < 4.78 is 11.4. The highest BCUT2D eigenvalue weighted by molar-refractivity contribution is 7.09. The summed E-state index contributed by atoms with van der Waals surface area (Å²) in [4.78, 5) is 43.2. The van der Waals surface area contributed by atoms with E-state index in [2.05, 4.69) is 15.6 Å². The van der Waals surface area contributed by atoms with Crippen molar-refractivity contribution in [2.24, 2.45) is 0 Å². The lowest BCUT2D eigenvalue weighted by molar-refractivity contribution is -0.114. The van der Waals surface area contributed by atoms with Gasteiger partial charge in [-0.25, -0.2) is 4.98 Å². The van der Waals surface area contributed by atoms with Crippen LogP contribution in [0.3, 0.4) is 0 Å². The Kier molecular flexibility index (Phi) is 10.1. The van der Waals surface area contributed by atoms with Gasteiger partial charge in [-0.05, 0) is 69.5 Å². The molecule has 0 aliphatic carbocycles. The highest BCUT2D eigenvalue weighted by Gasteiger charge is 2.27. The number of anilines is 1. The second kappa shape index (κ2) is 13.9. The average molecular weight is 565 g/mol. The van der Waals surface area contributed by atoms with Gasteiger partial charge in [-0.1, -0.05) is 6.07 Å². The number of carbonyl (C=O) groups is 3. The molecule has 0 bridgehead atoms. The zero-order valence-electron chi connectivity index (χ0n) is 23.1. The van der Waals surface area contributed by atoms with Crippen molar-refractivity contribution in [3.8, 4) is 11.5 Å². The van der Waals surface area contributed by atoms with Gasteiger partial charge in [0, 0.05) is 55.2 Å². The van der Waals surface area contributed by atoms with Gasteiger partial charge in [0.15, 0.2) is 0 Å². The first-order valence-corrected chi connectivity index (χ1v) is 14.5. The topological polar surface area (TPSA) is 110 Å². The normalized spacial score (nSPS) is 13.7. The number of aromatic nitrogens is 1. The third-order valence-electron chi connectivity index (χ3n) is 6.39. The summed E-state index contributed by atoms with van der Waals surface area (Å²) in [7, 11) is 0. The molecule has 9 nitrogen and oxygen atoms in total. The van der Waals surface area contributed by atoms with Crippen molar-refractivity contribution in [1.82, 2.24) is 15.2 Å². The minimum Gasteiger partial charge on any atom is -0.493 e. The van der Waals surface area contributed by atoms with E-state index >= 15 is 0 Å². The zero-order valence-corrected chi connectivity index (χ0v) is 24.0. The van der Waals surface area contributed by atoms with E-state index in [9.17, 15) is 14.4 Å². The van der Waals surface area contributed by atoms with Crippen LogP contribution in [0.4, 0.5) is 5.69 Å². The van der Waals surface area contributed by atoms with E-state index in [1.807, 2.05) is 55.1 Å². The number of piperidine rings is 1. The fourth-order valence-corrected chi connectivity index (χ4v) is 5.43. The molecule has 3 aromatic rings. The number of hydrogen-bond acceptors (Lipinski definition) is 7. The van der Waals surface area contributed by atoms with Gasteiger partial charge in [0.05, 0.1) is 17.7 Å². The van der Waals surface area contributed by atoms with E-state index < -0.39 is 0 Å². The number of amides is 3. The van der Waals surface area contributed by atoms with Gasteiger partial charge in [-0.3, -0.25) is 14.4 Å². The van der Waals surface area contributed by atoms with E-state index in [1.165, 1.54) is 18.3 Å². The van der Waals surface area contributed by atoms with Gasteiger partial charge in [-0.15, -0.1) is 11.3 Å². The first-order valence-electron chi connectivity index (χ1n) is 13.6. The smallest absolute Gasteiger partial charge is 0.270 e. The Morgan fingerprint density at radius 3 is 2.52 bits per heavy atom. The molecule has 10 heteroatoms. The molecule has 3 amide bonds. The molecule has 2 heterocycles. The molecule has 0 atom stereocenters. The van der Waals surface area contributed by atoms with Crippen LogP contribution in [0.25, 0.3) is 0 Å². The minimum atomic E-state index is -0.201. The fourth-order valence-electron chi connectivity index (χ4n) is 4.46. The number of nitrogens with zero attached hydrogens (tertiary/aromatic N) is 2. The van der Waals surface area contributed by atoms with E-state index in [0.717, 1.165) is 23.6 Å². The lowest BCUT2D eigenvalue weighted by Crippen LogP contribution is -2.37. The van der Waals surface area contributed by atoms with Crippen LogP contribution in [0.15, 0.2) is 53.9 Å². The molecule has 1 fully saturated rings. The number of rotatable bonds is 11. The molecule has 1 aliphatic heterocycles. The van der Waals surface area contributed by atoms with Crippen LogP contribution < -0.4 is 20.1 Å². The van der Waals surface area contributed by atoms with Crippen molar-refractivity contribution >= 4 is 34.7 Å². The van der Waals surface area contributed by atoms with Gasteiger partial charge in [0.25, 0.3) is 11.8 Å². The van der Waals surface area contributed by atoms with Crippen LogP contribution in [0, 0.1) is 0 Å². The van der Waals surface area contributed by atoms with Gasteiger partial charge in [-0.2, -0.15) is 0 Å². The largest absolute Gasteiger partial charge is 0.493 e. The lowest BCUT2D eigenvalue weighted by Gasteiger charge is -2.31. The predicted molar refractivity (Wildman–Crippen MR) is 155 cm³/mol. The summed E-state index contributed by atoms with van der Waals surface area (Å²) >= 11 is 1.50. The maximum Gasteiger partial charge on any atom is 0.270 e. The standard InChI is InChI=1S/C30H36N4O5S/c1-20(2)39-25-10-8-23(9-11-25)30(37)34-15-12-22(13-16-34)29-33-27(19-40-29)28(36)31-14-5-17-38-26-7-4-6-24(18-26)32-21(3)35/h4,6-11,18-20,22H,5,12-17H2,1-3H3,(H,31,36)(H,32,35). The Bertz CT molecular complexity index is 1300. The molecule has 1 aliphatic rings.